The van der Waals surface area contributed by atoms with Crippen LogP contribution in [-0.4, -0.2) is 27.9 Å². The van der Waals surface area contributed by atoms with E-state index in [0.717, 1.165) is 6.07 Å². The molecule has 0 atom stereocenters. The summed E-state index contributed by atoms with van der Waals surface area (Å²) in [5.74, 6) is -0.231. The van der Waals surface area contributed by atoms with E-state index >= 15 is 0 Å². The Labute approximate surface area is 201 Å². The maximum Gasteiger partial charge on any atom is 0.433 e. The average molecular weight is 526 g/mol. The highest BCUT2D eigenvalue weighted by molar-refractivity contribution is 7.85. The van der Waals surface area contributed by atoms with Gasteiger partial charge >= 0.3 is 6.18 Å². The second-order valence-corrected chi connectivity index (χ2v) is 9.26. The molecule has 2 heterocycles. The normalized spacial score (nSPS) is 12.1. The fourth-order valence-corrected chi connectivity index (χ4v) is 3.89. The van der Waals surface area contributed by atoms with Crippen molar-refractivity contribution in [3.8, 4) is 33.9 Å². The molecule has 0 aliphatic rings. The minimum atomic E-state index is -4.75. The monoisotopic (exact) mass is 525 g/mol. The molecule has 6 nitrogen and oxygen atoms in total. The number of halogens is 5. The molecule has 4 rings (SSSR count). The van der Waals surface area contributed by atoms with E-state index in [-0.39, 0.29) is 37.7 Å². The van der Waals surface area contributed by atoms with Crippen molar-refractivity contribution in [2.24, 2.45) is 0 Å². The fourth-order valence-electron chi connectivity index (χ4n) is 3.07. The van der Waals surface area contributed by atoms with E-state index in [0.29, 0.717) is 11.1 Å². The molecule has 12 heteroatoms. The van der Waals surface area contributed by atoms with E-state index in [2.05, 4.69) is 15.0 Å². The van der Waals surface area contributed by atoms with Crippen LogP contribution >= 0.6 is 23.2 Å². The molecule has 0 fully saturated rings. The van der Waals surface area contributed by atoms with Gasteiger partial charge in [-0.25, -0.2) is 9.97 Å². The first kappa shape index (κ1) is 24.1. The van der Waals surface area contributed by atoms with Gasteiger partial charge < -0.3 is 0 Å². The van der Waals surface area contributed by atoms with Crippen LogP contribution in [0.1, 0.15) is 5.69 Å². The van der Waals surface area contributed by atoms with Gasteiger partial charge in [0.1, 0.15) is 5.69 Å². The summed E-state index contributed by atoms with van der Waals surface area (Å²) in [6.07, 6.45) is -3.42. The van der Waals surface area contributed by atoms with Gasteiger partial charge in [-0.15, -0.1) is 0 Å². The van der Waals surface area contributed by atoms with Crippen molar-refractivity contribution in [2.75, 3.05) is 0 Å². The van der Waals surface area contributed by atoms with Crippen molar-refractivity contribution in [1.82, 2.24) is 15.0 Å². The van der Waals surface area contributed by atoms with E-state index in [4.69, 9.17) is 23.2 Å². The summed E-state index contributed by atoms with van der Waals surface area (Å²) in [5.41, 5.74) is -0.130. The Bertz CT molecular complexity index is 1510. The van der Waals surface area contributed by atoms with Crippen LogP contribution in [-0.2, 0) is 16.3 Å². The SMILES string of the molecule is O=S(=O)(O)c1cccc(-c2cc(-c3nc(-c4ccc(Cl)c(Cl)c4)cc(C(F)(F)F)n3)ccn2)c1. The van der Waals surface area contributed by atoms with Gasteiger partial charge in [0, 0.05) is 22.9 Å². The topological polar surface area (TPSA) is 93.0 Å². The fraction of sp³-hybridized carbons (Fsp3) is 0.0455. The molecule has 0 radical (unpaired) electrons. The largest absolute Gasteiger partial charge is 0.433 e. The molecule has 0 saturated heterocycles. The van der Waals surface area contributed by atoms with Crippen molar-refractivity contribution in [2.45, 2.75) is 11.1 Å². The molecule has 0 amide bonds. The van der Waals surface area contributed by atoms with Crippen LogP contribution in [0.25, 0.3) is 33.9 Å². The van der Waals surface area contributed by atoms with Crippen molar-refractivity contribution >= 4 is 33.3 Å². The number of pyridine rings is 1. The molecule has 0 aliphatic carbocycles. The molecule has 174 valence electrons. The van der Waals surface area contributed by atoms with Crippen molar-refractivity contribution in [3.05, 3.63) is 82.6 Å². The molecule has 0 unspecified atom stereocenters. The standard InChI is InChI=1S/C22H12Cl2F3N3O3S/c23-16-5-4-13(9-17(16)24)19-11-20(22(25,26)27)30-21(29-19)14-6-7-28-18(10-14)12-2-1-3-15(8-12)34(31,32)33/h1-11H,(H,31,32,33). The molecule has 4 aromatic rings. The van der Waals surface area contributed by atoms with Crippen LogP contribution in [0.2, 0.25) is 10.0 Å². The lowest BCUT2D eigenvalue weighted by Gasteiger charge is -2.12. The Morgan fingerprint density at radius 1 is 0.794 bits per heavy atom. The molecule has 2 aromatic carbocycles. The summed E-state index contributed by atoms with van der Waals surface area (Å²) in [6, 6.07) is 13.3. The summed E-state index contributed by atoms with van der Waals surface area (Å²) in [5, 5.41) is 0.388. The Balaban J connectivity index is 1.86. The van der Waals surface area contributed by atoms with Crippen LogP contribution in [0, 0.1) is 0 Å². The highest BCUT2D eigenvalue weighted by Gasteiger charge is 2.34. The predicted molar refractivity (Wildman–Crippen MR) is 121 cm³/mol. The first-order chi connectivity index (χ1) is 15.9. The lowest BCUT2D eigenvalue weighted by molar-refractivity contribution is -0.141. The number of rotatable bonds is 4. The third-order valence-electron chi connectivity index (χ3n) is 4.68. The summed E-state index contributed by atoms with van der Waals surface area (Å²) in [4.78, 5) is 11.7. The molecular weight excluding hydrogens is 514 g/mol. The smallest absolute Gasteiger partial charge is 0.282 e. The zero-order chi connectivity index (χ0) is 24.7. The number of nitrogens with zero attached hydrogens (tertiary/aromatic N) is 3. The summed E-state index contributed by atoms with van der Waals surface area (Å²) >= 11 is 11.9. The van der Waals surface area contributed by atoms with Crippen LogP contribution in [0.4, 0.5) is 13.2 Å². The van der Waals surface area contributed by atoms with Crippen LogP contribution in [0.5, 0.6) is 0 Å². The quantitative estimate of drug-likeness (QED) is 0.308. The van der Waals surface area contributed by atoms with Crippen LogP contribution in [0.15, 0.2) is 71.8 Å². The zero-order valence-corrected chi connectivity index (χ0v) is 19.1. The second-order valence-electron chi connectivity index (χ2n) is 7.02. The number of alkyl halides is 3. The third kappa shape index (κ3) is 5.20. The van der Waals surface area contributed by atoms with Crippen molar-refractivity contribution in [3.63, 3.8) is 0 Å². The van der Waals surface area contributed by atoms with Crippen molar-refractivity contribution in [1.29, 1.82) is 0 Å². The highest BCUT2D eigenvalue weighted by Crippen LogP contribution is 2.34. The number of benzene rings is 2. The summed E-state index contributed by atoms with van der Waals surface area (Å²) in [7, 11) is -4.46. The van der Waals surface area contributed by atoms with Gasteiger partial charge in [-0.2, -0.15) is 21.6 Å². The Hall–Kier alpha value is -3.05. The molecule has 2 aromatic heterocycles. The van der Waals surface area contributed by atoms with Gasteiger partial charge in [0.05, 0.1) is 26.3 Å². The highest BCUT2D eigenvalue weighted by atomic mass is 35.5. The third-order valence-corrected chi connectivity index (χ3v) is 6.27. The van der Waals surface area contributed by atoms with E-state index < -0.39 is 22.0 Å². The van der Waals surface area contributed by atoms with Crippen molar-refractivity contribution < 1.29 is 26.1 Å². The van der Waals surface area contributed by atoms with Gasteiger partial charge in [-0.3, -0.25) is 9.54 Å². The van der Waals surface area contributed by atoms with Gasteiger partial charge in [0.15, 0.2) is 5.82 Å². The first-order valence-electron chi connectivity index (χ1n) is 9.38. The average Bonchev–Trinajstić information content (AvgIpc) is 2.79. The molecule has 0 spiro atoms. The molecule has 0 aliphatic heterocycles. The zero-order valence-electron chi connectivity index (χ0n) is 16.8. The predicted octanol–water partition coefficient (Wildman–Crippen LogP) is 6.44. The van der Waals surface area contributed by atoms with Gasteiger partial charge in [0.25, 0.3) is 10.1 Å². The Kier molecular flexibility index (Phi) is 6.34. The maximum absolute atomic E-state index is 13.6. The number of hydrogen-bond acceptors (Lipinski definition) is 5. The minimum absolute atomic E-state index is 0.0253. The first-order valence-corrected chi connectivity index (χ1v) is 11.6. The van der Waals surface area contributed by atoms with Crippen LogP contribution in [0.3, 0.4) is 0 Å². The van der Waals surface area contributed by atoms with E-state index in [1.54, 1.807) is 0 Å². The second kappa shape index (κ2) is 8.95. The van der Waals surface area contributed by atoms with E-state index in [1.165, 1.54) is 60.8 Å². The Morgan fingerprint density at radius 3 is 2.21 bits per heavy atom. The lowest BCUT2D eigenvalue weighted by atomic mass is 10.1. The molecule has 0 saturated carbocycles. The van der Waals surface area contributed by atoms with E-state index in [9.17, 15) is 26.1 Å². The maximum atomic E-state index is 13.6. The summed E-state index contributed by atoms with van der Waals surface area (Å²) < 4.78 is 72.9. The number of aromatic nitrogens is 3. The molecule has 34 heavy (non-hydrogen) atoms. The summed E-state index contributed by atoms with van der Waals surface area (Å²) in [6.45, 7) is 0. The lowest BCUT2D eigenvalue weighted by Crippen LogP contribution is -2.10. The van der Waals surface area contributed by atoms with Gasteiger partial charge in [0.2, 0.25) is 0 Å². The molecule has 1 N–H and O–H groups in total. The minimum Gasteiger partial charge on any atom is -0.282 e. The molecular formula is C22H12Cl2F3N3O3S. The number of hydrogen-bond donors (Lipinski definition) is 1. The van der Waals surface area contributed by atoms with E-state index in [1.807, 2.05) is 0 Å². The Morgan fingerprint density at radius 2 is 1.53 bits per heavy atom. The van der Waals surface area contributed by atoms with Crippen LogP contribution < -0.4 is 0 Å². The molecule has 0 bridgehead atoms. The van der Waals surface area contributed by atoms with Gasteiger partial charge in [-0.05, 0) is 42.5 Å². The van der Waals surface area contributed by atoms with Gasteiger partial charge in [-0.1, -0.05) is 41.4 Å².